The second-order valence-corrected chi connectivity index (χ2v) is 8.55. The molecule has 0 bridgehead atoms. The molecular formula is C17H17Cl2FN2O2S. The van der Waals surface area contributed by atoms with Crippen LogP contribution in [0.4, 0.5) is 4.39 Å². The van der Waals surface area contributed by atoms with Gasteiger partial charge in [0.2, 0.25) is 10.0 Å². The van der Waals surface area contributed by atoms with Gasteiger partial charge in [-0.3, -0.25) is 4.90 Å². The second-order valence-electron chi connectivity index (χ2n) is 5.86. The maximum absolute atomic E-state index is 13.0. The number of hydrogen-bond donors (Lipinski definition) is 0. The molecule has 0 saturated carbocycles. The Kier molecular flexibility index (Phi) is 5.65. The molecule has 1 aliphatic rings. The molecule has 0 atom stereocenters. The average Bonchev–Trinajstić information content (AvgIpc) is 2.57. The van der Waals surface area contributed by atoms with Crippen LogP contribution < -0.4 is 0 Å². The Bertz CT molecular complexity index is 831. The first-order chi connectivity index (χ1) is 11.9. The first-order valence-electron chi connectivity index (χ1n) is 7.79. The van der Waals surface area contributed by atoms with Gasteiger partial charge in [-0.15, -0.1) is 0 Å². The summed E-state index contributed by atoms with van der Waals surface area (Å²) in [7, 11) is -3.73. The van der Waals surface area contributed by atoms with Crippen LogP contribution in [-0.4, -0.2) is 43.8 Å². The van der Waals surface area contributed by atoms with Gasteiger partial charge in [0.15, 0.2) is 0 Å². The van der Waals surface area contributed by atoms with E-state index in [1.807, 2.05) is 0 Å². The summed E-state index contributed by atoms with van der Waals surface area (Å²) < 4.78 is 40.0. The van der Waals surface area contributed by atoms with E-state index in [4.69, 9.17) is 23.2 Å². The molecule has 1 heterocycles. The van der Waals surface area contributed by atoms with E-state index in [9.17, 15) is 12.8 Å². The summed E-state index contributed by atoms with van der Waals surface area (Å²) in [6.07, 6.45) is 0. The molecular weight excluding hydrogens is 386 g/mol. The van der Waals surface area contributed by atoms with Crippen molar-refractivity contribution < 1.29 is 12.8 Å². The van der Waals surface area contributed by atoms with Gasteiger partial charge in [0.1, 0.15) is 10.7 Å². The molecule has 0 spiro atoms. The molecule has 0 aliphatic carbocycles. The van der Waals surface area contributed by atoms with Crippen molar-refractivity contribution >= 4 is 33.2 Å². The summed E-state index contributed by atoms with van der Waals surface area (Å²) in [6.45, 7) is 2.52. The van der Waals surface area contributed by atoms with Gasteiger partial charge in [-0.25, -0.2) is 12.8 Å². The van der Waals surface area contributed by atoms with Crippen molar-refractivity contribution in [3.63, 3.8) is 0 Å². The van der Waals surface area contributed by atoms with Crippen LogP contribution in [0.5, 0.6) is 0 Å². The van der Waals surface area contributed by atoms with E-state index in [-0.39, 0.29) is 20.8 Å². The maximum Gasteiger partial charge on any atom is 0.246 e. The van der Waals surface area contributed by atoms with Crippen LogP contribution in [0, 0.1) is 5.82 Å². The third kappa shape index (κ3) is 4.15. The highest BCUT2D eigenvalue weighted by atomic mass is 35.5. The lowest BCUT2D eigenvalue weighted by molar-refractivity contribution is 0.181. The topological polar surface area (TPSA) is 40.6 Å². The molecule has 1 aliphatic heterocycles. The largest absolute Gasteiger partial charge is 0.296 e. The van der Waals surface area contributed by atoms with Crippen molar-refractivity contribution in [2.75, 3.05) is 26.2 Å². The molecule has 134 valence electrons. The minimum absolute atomic E-state index is 0.0367. The minimum atomic E-state index is -3.73. The van der Waals surface area contributed by atoms with Crippen LogP contribution in [0.3, 0.4) is 0 Å². The van der Waals surface area contributed by atoms with Crippen molar-refractivity contribution in [2.45, 2.75) is 11.4 Å². The zero-order chi connectivity index (χ0) is 18.0. The number of halogens is 3. The van der Waals surface area contributed by atoms with Crippen LogP contribution in [0.1, 0.15) is 5.56 Å². The van der Waals surface area contributed by atoms with Crippen molar-refractivity contribution in [3.8, 4) is 0 Å². The summed E-state index contributed by atoms with van der Waals surface area (Å²) in [6, 6.07) is 11.0. The predicted octanol–water partition coefficient (Wildman–Crippen LogP) is 3.64. The monoisotopic (exact) mass is 402 g/mol. The smallest absolute Gasteiger partial charge is 0.246 e. The molecule has 25 heavy (non-hydrogen) atoms. The van der Waals surface area contributed by atoms with E-state index in [1.165, 1.54) is 28.6 Å². The highest BCUT2D eigenvalue weighted by Gasteiger charge is 2.31. The summed E-state index contributed by atoms with van der Waals surface area (Å²) in [5, 5.41) is 0.252. The third-order valence-electron chi connectivity index (χ3n) is 4.17. The van der Waals surface area contributed by atoms with Gasteiger partial charge >= 0.3 is 0 Å². The van der Waals surface area contributed by atoms with Crippen LogP contribution in [0.25, 0.3) is 0 Å². The van der Waals surface area contributed by atoms with Crippen molar-refractivity contribution in [1.29, 1.82) is 0 Å². The Balaban J connectivity index is 1.68. The first kappa shape index (κ1) is 18.6. The molecule has 2 aromatic carbocycles. The van der Waals surface area contributed by atoms with E-state index in [0.29, 0.717) is 32.7 Å². The van der Waals surface area contributed by atoms with Gasteiger partial charge in [-0.05, 0) is 29.8 Å². The average molecular weight is 403 g/mol. The molecule has 4 nitrogen and oxygen atoms in total. The van der Waals surface area contributed by atoms with Crippen LogP contribution in [0.15, 0.2) is 47.4 Å². The molecule has 1 saturated heterocycles. The Morgan fingerprint density at radius 2 is 1.48 bits per heavy atom. The van der Waals surface area contributed by atoms with E-state index < -0.39 is 10.0 Å². The van der Waals surface area contributed by atoms with Gasteiger partial charge in [0.25, 0.3) is 0 Å². The summed E-state index contributed by atoms with van der Waals surface area (Å²) >= 11 is 12.1. The van der Waals surface area contributed by atoms with Gasteiger partial charge in [-0.1, -0.05) is 41.4 Å². The van der Waals surface area contributed by atoms with Crippen molar-refractivity contribution in [2.24, 2.45) is 0 Å². The Hall–Kier alpha value is -1.18. The number of hydrogen-bond acceptors (Lipinski definition) is 3. The molecule has 0 radical (unpaired) electrons. The number of sulfonamides is 1. The standard InChI is InChI=1S/C17H17Cl2FN2O2S/c18-15-2-1-3-16(19)17(15)25(23,24)22-10-8-21(9-11-22)12-13-4-6-14(20)7-5-13/h1-7H,8-12H2. The molecule has 8 heteroatoms. The van der Waals surface area contributed by atoms with E-state index >= 15 is 0 Å². The molecule has 0 N–H and O–H groups in total. The summed E-state index contributed by atoms with van der Waals surface area (Å²) in [5.41, 5.74) is 0.992. The van der Waals surface area contributed by atoms with Crippen molar-refractivity contribution in [1.82, 2.24) is 9.21 Å². The van der Waals surface area contributed by atoms with Crippen LogP contribution >= 0.6 is 23.2 Å². The van der Waals surface area contributed by atoms with Gasteiger partial charge < -0.3 is 0 Å². The number of nitrogens with zero attached hydrogens (tertiary/aromatic N) is 2. The molecule has 0 amide bonds. The molecule has 2 aromatic rings. The highest BCUT2D eigenvalue weighted by molar-refractivity contribution is 7.89. The fraction of sp³-hybridized carbons (Fsp3) is 0.294. The zero-order valence-corrected chi connectivity index (χ0v) is 15.7. The van der Waals surface area contributed by atoms with Gasteiger partial charge in [0.05, 0.1) is 10.0 Å². The summed E-state index contributed by atoms with van der Waals surface area (Å²) in [4.78, 5) is 2.10. The zero-order valence-electron chi connectivity index (χ0n) is 13.3. The minimum Gasteiger partial charge on any atom is -0.296 e. The normalized spacial score (nSPS) is 16.9. The van der Waals surface area contributed by atoms with E-state index in [0.717, 1.165) is 5.56 Å². The first-order valence-corrected chi connectivity index (χ1v) is 9.98. The van der Waals surface area contributed by atoms with Crippen LogP contribution in [-0.2, 0) is 16.6 Å². The van der Waals surface area contributed by atoms with Crippen LogP contribution in [0.2, 0.25) is 10.0 Å². The Morgan fingerprint density at radius 3 is 2.04 bits per heavy atom. The van der Waals surface area contributed by atoms with E-state index in [1.54, 1.807) is 18.2 Å². The Morgan fingerprint density at radius 1 is 0.920 bits per heavy atom. The van der Waals surface area contributed by atoms with Crippen molar-refractivity contribution in [3.05, 3.63) is 63.9 Å². The fourth-order valence-corrected chi connectivity index (χ4v) is 5.35. The summed E-state index contributed by atoms with van der Waals surface area (Å²) in [5.74, 6) is -0.267. The number of piperazine rings is 1. The number of rotatable bonds is 4. The number of benzene rings is 2. The maximum atomic E-state index is 13.0. The third-order valence-corrected chi connectivity index (χ3v) is 7.02. The molecule has 1 fully saturated rings. The Labute approximate surface area is 156 Å². The lowest BCUT2D eigenvalue weighted by Gasteiger charge is -2.34. The molecule has 0 unspecified atom stereocenters. The lowest BCUT2D eigenvalue weighted by atomic mass is 10.2. The molecule has 0 aromatic heterocycles. The lowest BCUT2D eigenvalue weighted by Crippen LogP contribution is -2.48. The fourth-order valence-electron chi connectivity index (χ4n) is 2.83. The van der Waals surface area contributed by atoms with E-state index in [2.05, 4.69) is 4.90 Å². The second kappa shape index (κ2) is 7.60. The van der Waals surface area contributed by atoms with Gasteiger partial charge in [0, 0.05) is 32.7 Å². The molecule has 3 rings (SSSR count). The highest BCUT2D eigenvalue weighted by Crippen LogP contribution is 2.31. The quantitative estimate of drug-likeness (QED) is 0.783. The van der Waals surface area contributed by atoms with Gasteiger partial charge in [-0.2, -0.15) is 4.31 Å². The SMILES string of the molecule is O=S(=O)(c1c(Cl)cccc1Cl)N1CCN(Cc2ccc(F)cc2)CC1. The predicted molar refractivity (Wildman–Crippen MR) is 96.9 cm³/mol.